The van der Waals surface area contributed by atoms with Crippen molar-refractivity contribution < 1.29 is 13.6 Å². The molecule has 1 aliphatic rings. The van der Waals surface area contributed by atoms with Crippen LogP contribution in [0.2, 0.25) is 0 Å². The molecule has 5 heteroatoms. The van der Waals surface area contributed by atoms with Gasteiger partial charge in [-0.1, -0.05) is 13.8 Å². The molecule has 1 amide bonds. The van der Waals surface area contributed by atoms with Gasteiger partial charge in [-0.05, 0) is 37.4 Å². The molecule has 2 rings (SSSR count). The quantitative estimate of drug-likeness (QED) is 0.926. The molecule has 1 heterocycles. The Hall–Kier alpha value is -1.49. The highest BCUT2D eigenvalue weighted by Gasteiger charge is 2.28. The number of halogens is 2. The van der Waals surface area contributed by atoms with Gasteiger partial charge in [-0.15, -0.1) is 0 Å². The molecule has 0 saturated carbocycles. The number of amides is 1. The highest BCUT2D eigenvalue weighted by molar-refractivity contribution is 5.94. The molecule has 2 unspecified atom stereocenters. The average molecular weight is 296 g/mol. The lowest BCUT2D eigenvalue weighted by Gasteiger charge is -2.37. The molecule has 3 nitrogen and oxygen atoms in total. The molecule has 0 aromatic heterocycles. The second kappa shape index (κ2) is 6.98. The summed E-state index contributed by atoms with van der Waals surface area (Å²) in [5, 5.41) is 3.48. The molecule has 0 aliphatic carbocycles. The van der Waals surface area contributed by atoms with Crippen molar-refractivity contribution in [2.75, 3.05) is 19.6 Å². The van der Waals surface area contributed by atoms with Crippen LogP contribution in [0.15, 0.2) is 18.2 Å². The van der Waals surface area contributed by atoms with Gasteiger partial charge in [-0.2, -0.15) is 0 Å². The van der Waals surface area contributed by atoms with Crippen LogP contribution in [-0.2, 0) is 0 Å². The van der Waals surface area contributed by atoms with Gasteiger partial charge in [0, 0.05) is 30.8 Å². The summed E-state index contributed by atoms with van der Waals surface area (Å²) in [6.45, 7) is 6.41. The molecule has 0 bridgehead atoms. The van der Waals surface area contributed by atoms with Crippen LogP contribution in [0.25, 0.3) is 0 Å². The van der Waals surface area contributed by atoms with Gasteiger partial charge in [0.1, 0.15) is 11.6 Å². The maximum Gasteiger partial charge on any atom is 0.254 e. The highest BCUT2D eigenvalue weighted by atomic mass is 19.1. The van der Waals surface area contributed by atoms with E-state index in [2.05, 4.69) is 19.2 Å². The molecule has 2 atom stereocenters. The van der Waals surface area contributed by atoms with Crippen LogP contribution in [0.5, 0.6) is 0 Å². The Morgan fingerprint density at radius 3 is 2.57 bits per heavy atom. The van der Waals surface area contributed by atoms with Crippen molar-refractivity contribution >= 4 is 5.91 Å². The molecular formula is C16H22F2N2O. The van der Waals surface area contributed by atoms with Crippen molar-refractivity contribution in [1.82, 2.24) is 10.2 Å². The molecule has 21 heavy (non-hydrogen) atoms. The van der Waals surface area contributed by atoms with E-state index >= 15 is 0 Å². The standard InChI is InChI=1S/C16H22F2N2O/c1-3-5-19-15-4-6-20(10-11(15)2)16(21)12-7-13(17)9-14(18)8-12/h7-9,11,15,19H,3-6,10H2,1-2H3. The van der Waals surface area contributed by atoms with E-state index in [4.69, 9.17) is 0 Å². The van der Waals surface area contributed by atoms with Crippen molar-refractivity contribution in [3.63, 3.8) is 0 Å². The molecule has 0 radical (unpaired) electrons. The Kier molecular flexibility index (Phi) is 5.28. The van der Waals surface area contributed by atoms with Crippen LogP contribution in [-0.4, -0.2) is 36.5 Å². The maximum atomic E-state index is 13.2. The fraction of sp³-hybridized carbons (Fsp3) is 0.562. The van der Waals surface area contributed by atoms with Crippen molar-refractivity contribution in [3.8, 4) is 0 Å². The van der Waals surface area contributed by atoms with E-state index in [1.165, 1.54) is 0 Å². The van der Waals surface area contributed by atoms with E-state index in [0.717, 1.165) is 37.6 Å². The van der Waals surface area contributed by atoms with E-state index in [-0.39, 0.29) is 11.5 Å². The van der Waals surface area contributed by atoms with Gasteiger partial charge in [0.05, 0.1) is 0 Å². The zero-order valence-corrected chi connectivity index (χ0v) is 12.5. The minimum atomic E-state index is -0.717. The van der Waals surface area contributed by atoms with Crippen molar-refractivity contribution in [1.29, 1.82) is 0 Å². The van der Waals surface area contributed by atoms with Crippen LogP contribution in [0.4, 0.5) is 8.78 Å². The van der Waals surface area contributed by atoms with Gasteiger partial charge in [-0.3, -0.25) is 4.79 Å². The normalized spacial score (nSPS) is 22.4. The molecule has 1 aromatic rings. The number of likely N-dealkylation sites (tertiary alicyclic amines) is 1. The lowest BCUT2D eigenvalue weighted by atomic mass is 9.93. The summed E-state index contributed by atoms with van der Waals surface area (Å²) in [4.78, 5) is 14.0. The van der Waals surface area contributed by atoms with E-state index in [1.807, 2.05) is 0 Å². The Bertz CT molecular complexity index is 487. The minimum absolute atomic E-state index is 0.0830. The number of nitrogens with one attached hydrogen (secondary N) is 1. The Labute approximate surface area is 124 Å². The Morgan fingerprint density at radius 1 is 1.33 bits per heavy atom. The first-order valence-electron chi connectivity index (χ1n) is 7.50. The van der Waals surface area contributed by atoms with E-state index in [1.54, 1.807) is 4.90 Å². The molecular weight excluding hydrogens is 274 g/mol. The summed E-state index contributed by atoms with van der Waals surface area (Å²) in [5.41, 5.74) is 0.0830. The lowest BCUT2D eigenvalue weighted by Crippen LogP contribution is -2.50. The first kappa shape index (κ1) is 15.9. The zero-order valence-electron chi connectivity index (χ0n) is 12.5. The smallest absolute Gasteiger partial charge is 0.254 e. The van der Waals surface area contributed by atoms with E-state index in [0.29, 0.717) is 25.0 Å². The van der Waals surface area contributed by atoms with Crippen LogP contribution in [0.3, 0.4) is 0 Å². The van der Waals surface area contributed by atoms with E-state index < -0.39 is 11.6 Å². The highest BCUT2D eigenvalue weighted by Crippen LogP contribution is 2.20. The predicted octanol–water partition coefficient (Wildman–Crippen LogP) is 2.82. The Morgan fingerprint density at radius 2 is 2.00 bits per heavy atom. The van der Waals surface area contributed by atoms with Crippen molar-refractivity contribution in [2.45, 2.75) is 32.7 Å². The molecule has 1 fully saturated rings. The third kappa shape index (κ3) is 4.00. The fourth-order valence-electron chi connectivity index (χ4n) is 2.82. The Balaban J connectivity index is 2.01. The summed E-state index contributed by atoms with van der Waals surface area (Å²) in [7, 11) is 0. The van der Waals surface area contributed by atoms with Crippen LogP contribution in [0, 0.1) is 17.6 Å². The summed E-state index contributed by atoms with van der Waals surface area (Å²) >= 11 is 0. The summed E-state index contributed by atoms with van der Waals surface area (Å²) in [5.74, 6) is -1.40. The number of carbonyl (C=O) groups is 1. The molecule has 1 N–H and O–H groups in total. The number of nitrogens with zero attached hydrogens (tertiary/aromatic N) is 1. The summed E-state index contributed by atoms with van der Waals surface area (Å²) in [6, 6.07) is 3.37. The second-order valence-corrected chi connectivity index (χ2v) is 5.74. The topological polar surface area (TPSA) is 32.3 Å². The number of hydrogen-bond acceptors (Lipinski definition) is 2. The average Bonchev–Trinajstić information content (AvgIpc) is 2.44. The van der Waals surface area contributed by atoms with Crippen molar-refractivity contribution in [2.24, 2.45) is 5.92 Å². The molecule has 1 saturated heterocycles. The molecule has 1 aromatic carbocycles. The van der Waals surface area contributed by atoms with Gasteiger partial charge in [0.15, 0.2) is 0 Å². The van der Waals surface area contributed by atoms with Gasteiger partial charge in [0.25, 0.3) is 5.91 Å². The largest absolute Gasteiger partial charge is 0.338 e. The number of piperidine rings is 1. The third-order valence-corrected chi connectivity index (χ3v) is 3.96. The maximum absolute atomic E-state index is 13.2. The van der Waals surface area contributed by atoms with Gasteiger partial charge in [0.2, 0.25) is 0 Å². The third-order valence-electron chi connectivity index (χ3n) is 3.96. The first-order chi connectivity index (χ1) is 10.0. The molecule has 116 valence electrons. The monoisotopic (exact) mass is 296 g/mol. The van der Waals surface area contributed by atoms with Crippen LogP contribution in [0.1, 0.15) is 37.0 Å². The predicted molar refractivity (Wildman–Crippen MR) is 78.1 cm³/mol. The minimum Gasteiger partial charge on any atom is -0.338 e. The second-order valence-electron chi connectivity index (χ2n) is 5.74. The van der Waals surface area contributed by atoms with Gasteiger partial charge >= 0.3 is 0 Å². The fourth-order valence-corrected chi connectivity index (χ4v) is 2.82. The first-order valence-corrected chi connectivity index (χ1v) is 7.50. The number of rotatable bonds is 4. The zero-order chi connectivity index (χ0) is 15.4. The molecule has 0 spiro atoms. The number of benzene rings is 1. The summed E-state index contributed by atoms with van der Waals surface area (Å²) in [6.07, 6.45) is 1.94. The van der Waals surface area contributed by atoms with Crippen LogP contribution >= 0.6 is 0 Å². The SMILES string of the molecule is CCCNC1CCN(C(=O)c2cc(F)cc(F)c2)CC1C. The van der Waals surface area contributed by atoms with Crippen LogP contribution < -0.4 is 5.32 Å². The summed E-state index contributed by atoms with van der Waals surface area (Å²) < 4.78 is 26.4. The number of hydrogen-bond donors (Lipinski definition) is 1. The van der Waals surface area contributed by atoms with E-state index in [9.17, 15) is 13.6 Å². The molecule has 1 aliphatic heterocycles. The van der Waals surface area contributed by atoms with Gasteiger partial charge < -0.3 is 10.2 Å². The lowest BCUT2D eigenvalue weighted by molar-refractivity contribution is 0.0644. The van der Waals surface area contributed by atoms with Crippen molar-refractivity contribution in [3.05, 3.63) is 35.4 Å². The number of carbonyl (C=O) groups excluding carboxylic acids is 1. The van der Waals surface area contributed by atoms with Gasteiger partial charge in [-0.25, -0.2) is 8.78 Å².